The van der Waals surface area contributed by atoms with Crippen LogP contribution in [0.25, 0.3) is 0 Å². The first kappa shape index (κ1) is 13.3. The van der Waals surface area contributed by atoms with Crippen molar-refractivity contribution >= 4 is 16.8 Å². The Bertz CT molecular complexity index is 636. The summed E-state index contributed by atoms with van der Waals surface area (Å²) in [5.41, 5.74) is 3.65. The highest BCUT2D eigenvalue weighted by molar-refractivity contribution is 8.14. The highest BCUT2D eigenvalue weighted by Gasteiger charge is 2.10. The average molecular weight is 283 g/mol. The van der Waals surface area contributed by atoms with Crippen LogP contribution in [0.15, 0.2) is 53.5 Å². The van der Waals surface area contributed by atoms with Crippen LogP contribution < -0.4 is 4.74 Å². The summed E-state index contributed by atoms with van der Waals surface area (Å²) in [6.45, 7) is 3.64. The van der Waals surface area contributed by atoms with Gasteiger partial charge in [-0.05, 0) is 30.2 Å². The molecule has 2 aromatic carbocycles. The van der Waals surface area contributed by atoms with Crippen LogP contribution in [0.4, 0.5) is 0 Å². The molecule has 3 rings (SSSR count). The summed E-state index contributed by atoms with van der Waals surface area (Å²) < 4.78 is 5.91. The minimum absolute atomic E-state index is 0.607. The highest BCUT2D eigenvalue weighted by atomic mass is 32.2. The third-order valence-corrected chi connectivity index (χ3v) is 4.35. The van der Waals surface area contributed by atoms with E-state index in [0.717, 1.165) is 28.7 Å². The van der Waals surface area contributed by atoms with Gasteiger partial charge >= 0.3 is 0 Å². The van der Waals surface area contributed by atoms with Crippen LogP contribution in [-0.2, 0) is 6.61 Å². The summed E-state index contributed by atoms with van der Waals surface area (Å²) in [5.74, 6) is 1.99. The van der Waals surface area contributed by atoms with E-state index in [1.165, 1.54) is 11.1 Å². The maximum absolute atomic E-state index is 5.91. The van der Waals surface area contributed by atoms with Crippen molar-refractivity contribution in [2.45, 2.75) is 13.5 Å². The summed E-state index contributed by atoms with van der Waals surface area (Å²) in [4.78, 5) is 4.50. The Morgan fingerprint density at radius 2 is 2.05 bits per heavy atom. The van der Waals surface area contributed by atoms with Crippen LogP contribution in [0.3, 0.4) is 0 Å². The fraction of sp³-hybridized carbons (Fsp3) is 0.235. The van der Waals surface area contributed by atoms with Gasteiger partial charge in [0, 0.05) is 17.9 Å². The van der Waals surface area contributed by atoms with Gasteiger partial charge in [-0.3, -0.25) is 4.99 Å². The second kappa shape index (κ2) is 6.14. The van der Waals surface area contributed by atoms with E-state index in [1.807, 2.05) is 30.0 Å². The van der Waals surface area contributed by atoms with Crippen molar-refractivity contribution < 1.29 is 4.74 Å². The van der Waals surface area contributed by atoms with Crippen molar-refractivity contribution in [3.8, 4) is 5.75 Å². The molecule has 0 unspecified atom stereocenters. The van der Waals surface area contributed by atoms with E-state index in [1.54, 1.807) is 0 Å². The molecule has 20 heavy (non-hydrogen) atoms. The second-order valence-electron chi connectivity index (χ2n) is 4.78. The number of ether oxygens (including phenoxy) is 1. The van der Waals surface area contributed by atoms with Crippen molar-refractivity contribution in [1.82, 2.24) is 0 Å². The van der Waals surface area contributed by atoms with Crippen molar-refractivity contribution in [2.75, 3.05) is 12.3 Å². The first-order valence-electron chi connectivity index (χ1n) is 6.78. The molecule has 1 heterocycles. The Morgan fingerprint density at radius 1 is 1.15 bits per heavy atom. The maximum atomic E-state index is 5.91. The van der Waals surface area contributed by atoms with E-state index < -0.39 is 0 Å². The number of rotatable bonds is 4. The standard InChI is InChI=1S/C17H17NOS/c1-13-5-2-3-6-15(13)12-19-16-8-4-7-14(11-16)17-18-9-10-20-17/h2-8,11H,9-10,12H2,1H3. The molecule has 0 aromatic heterocycles. The lowest BCUT2D eigenvalue weighted by Gasteiger charge is -2.09. The van der Waals surface area contributed by atoms with Crippen LogP contribution in [0.1, 0.15) is 16.7 Å². The van der Waals surface area contributed by atoms with Crippen molar-refractivity contribution in [2.24, 2.45) is 4.99 Å². The smallest absolute Gasteiger partial charge is 0.120 e. The van der Waals surface area contributed by atoms with E-state index in [9.17, 15) is 0 Å². The van der Waals surface area contributed by atoms with Gasteiger partial charge in [-0.25, -0.2) is 0 Å². The lowest BCUT2D eigenvalue weighted by Crippen LogP contribution is -1.99. The molecule has 0 atom stereocenters. The van der Waals surface area contributed by atoms with E-state index in [4.69, 9.17) is 4.74 Å². The minimum atomic E-state index is 0.607. The summed E-state index contributed by atoms with van der Waals surface area (Å²) in [7, 11) is 0. The van der Waals surface area contributed by atoms with Gasteiger partial charge in [0.2, 0.25) is 0 Å². The third-order valence-electron chi connectivity index (χ3n) is 3.32. The van der Waals surface area contributed by atoms with E-state index in [-0.39, 0.29) is 0 Å². The van der Waals surface area contributed by atoms with E-state index >= 15 is 0 Å². The molecule has 2 nitrogen and oxygen atoms in total. The van der Waals surface area contributed by atoms with Crippen molar-refractivity contribution in [1.29, 1.82) is 0 Å². The van der Waals surface area contributed by atoms with Crippen molar-refractivity contribution in [3.05, 3.63) is 65.2 Å². The second-order valence-corrected chi connectivity index (χ2v) is 5.86. The molecule has 0 N–H and O–H groups in total. The molecule has 0 amide bonds. The Kier molecular flexibility index (Phi) is 4.07. The van der Waals surface area contributed by atoms with Crippen LogP contribution in [0.5, 0.6) is 5.75 Å². The molecular formula is C17H17NOS. The number of aryl methyl sites for hydroxylation is 1. The predicted octanol–water partition coefficient (Wildman–Crippen LogP) is 4.07. The average Bonchev–Trinajstić information content (AvgIpc) is 3.01. The normalized spacial score (nSPS) is 14.2. The predicted molar refractivity (Wildman–Crippen MR) is 85.8 cm³/mol. The van der Waals surface area contributed by atoms with Crippen LogP contribution in [-0.4, -0.2) is 17.3 Å². The monoisotopic (exact) mass is 283 g/mol. The number of benzene rings is 2. The van der Waals surface area contributed by atoms with Crippen LogP contribution >= 0.6 is 11.8 Å². The van der Waals surface area contributed by atoms with Gasteiger partial charge in [0.25, 0.3) is 0 Å². The van der Waals surface area contributed by atoms with E-state index in [2.05, 4.69) is 42.2 Å². The Labute approximate surface area is 123 Å². The topological polar surface area (TPSA) is 21.6 Å². The van der Waals surface area contributed by atoms with Gasteiger partial charge < -0.3 is 4.74 Å². The fourth-order valence-corrected chi connectivity index (χ4v) is 3.01. The Hall–Kier alpha value is -1.74. The minimum Gasteiger partial charge on any atom is -0.489 e. The lowest BCUT2D eigenvalue weighted by atomic mass is 10.1. The van der Waals surface area contributed by atoms with Gasteiger partial charge in [0.05, 0.1) is 5.04 Å². The first-order valence-corrected chi connectivity index (χ1v) is 7.76. The first-order chi connectivity index (χ1) is 9.83. The molecule has 0 saturated heterocycles. The molecule has 0 fully saturated rings. The summed E-state index contributed by atoms with van der Waals surface area (Å²) in [6, 6.07) is 16.5. The molecule has 102 valence electrons. The lowest BCUT2D eigenvalue weighted by molar-refractivity contribution is 0.305. The SMILES string of the molecule is Cc1ccccc1COc1cccc(C2=NCCS2)c1. The molecule has 0 radical (unpaired) electrons. The summed E-state index contributed by atoms with van der Waals surface area (Å²) in [6.07, 6.45) is 0. The summed E-state index contributed by atoms with van der Waals surface area (Å²) >= 11 is 1.82. The van der Waals surface area contributed by atoms with Crippen LogP contribution in [0, 0.1) is 6.92 Å². The number of thioether (sulfide) groups is 1. The van der Waals surface area contributed by atoms with Gasteiger partial charge in [0.1, 0.15) is 12.4 Å². The highest BCUT2D eigenvalue weighted by Crippen LogP contribution is 2.23. The third kappa shape index (κ3) is 3.05. The number of nitrogens with zero attached hydrogens (tertiary/aromatic N) is 1. The number of hydrogen-bond donors (Lipinski definition) is 0. The maximum Gasteiger partial charge on any atom is 0.120 e. The molecule has 1 aliphatic heterocycles. The largest absolute Gasteiger partial charge is 0.489 e. The Morgan fingerprint density at radius 3 is 2.85 bits per heavy atom. The van der Waals surface area contributed by atoms with Crippen LogP contribution in [0.2, 0.25) is 0 Å². The molecule has 3 heteroatoms. The number of aliphatic imine (C=N–C) groups is 1. The van der Waals surface area contributed by atoms with Gasteiger partial charge in [0.15, 0.2) is 0 Å². The number of hydrogen-bond acceptors (Lipinski definition) is 3. The molecule has 0 aliphatic carbocycles. The zero-order chi connectivity index (χ0) is 13.8. The summed E-state index contributed by atoms with van der Waals surface area (Å²) in [5, 5.41) is 1.13. The molecule has 0 bridgehead atoms. The van der Waals surface area contributed by atoms with Gasteiger partial charge in [-0.2, -0.15) is 0 Å². The molecule has 0 saturated carbocycles. The Balaban J connectivity index is 1.72. The van der Waals surface area contributed by atoms with Gasteiger partial charge in [-0.15, -0.1) is 11.8 Å². The van der Waals surface area contributed by atoms with E-state index in [0.29, 0.717) is 6.61 Å². The molecule has 0 spiro atoms. The molecule has 2 aromatic rings. The van der Waals surface area contributed by atoms with Crippen molar-refractivity contribution in [3.63, 3.8) is 0 Å². The molecule has 1 aliphatic rings. The zero-order valence-electron chi connectivity index (χ0n) is 11.5. The molecular weight excluding hydrogens is 266 g/mol. The zero-order valence-corrected chi connectivity index (χ0v) is 12.3. The fourth-order valence-electron chi connectivity index (χ4n) is 2.16. The van der Waals surface area contributed by atoms with Gasteiger partial charge in [-0.1, -0.05) is 36.4 Å². The quantitative estimate of drug-likeness (QED) is 0.843.